The molecule has 1 aliphatic rings. The number of halogens is 4. The number of anilines is 1. The maximum atomic E-state index is 13.2. The average molecular weight is 261 g/mol. The number of amides is 1. The van der Waals surface area contributed by atoms with Crippen LogP contribution in [0.1, 0.15) is 6.42 Å². The lowest BCUT2D eigenvalue weighted by Crippen LogP contribution is -2.33. The first kappa shape index (κ1) is 12.9. The first-order valence-electron chi connectivity index (χ1n) is 5.50. The van der Waals surface area contributed by atoms with Crippen molar-refractivity contribution in [3.05, 3.63) is 30.1 Å². The number of carbonyl (C=O) groups is 1. The van der Waals surface area contributed by atoms with E-state index in [4.69, 9.17) is 0 Å². The van der Waals surface area contributed by atoms with Gasteiger partial charge in [0.15, 0.2) is 6.17 Å². The Balaban J connectivity index is 2.17. The third-order valence-corrected chi connectivity index (χ3v) is 2.99. The summed E-state index contributed by atoms with van der Waals surface area (Å²) >= 11 is 0. The zero-order chi connectivity index (χ0) is 13.3. The Hall–Kier alpha value is -1.59. The Morgan fingerprint density at radius 1 is 1.28 bits per heavy atom. The Labute approximate surface area is 101 Å². The second-order valence-corrected chi connectivity index (χ2v) is 4.14. The van der Waals surface area contributed by atoms with Crippen LogP contribution in [0.25, 0.3) is 0 Å². The fourth-order valence-electron chi connectivity index (χ4n) is 2.07. The van der Waals surface area contributed by atoms with Gasteiger partial charge >= 0.3 is 0 Å². The number of rotatable bonds is 3. The Morgan fingerprint density at radius 3 is 2.61 bits per heavy atom. The lowest BCUT2D eigenvalue weighted by atomic mass is 10.0. The minimum atomic E-state index is -3.17. The highest BCUT2D eigenvalue weighted by Gasteiger charge is 2.42. The van der Waals surface area contributed by atoms with E-state index >= 15 is 0 Å². The van der Waals surface area contributed by atoms with Crippen LogP contribution in [0.4, 0.5) is 23.2 Å². The predicted octanol–water partition coefficient (Wildman–Crippen LogP) is 2.78. The van der Waals surface area contributed by atoms with Crippen molar-refractivity contribution < 1.29 is 22.4 Å². The van der Waals surface area contributed by atoms with Crippen LogP contribution in [0.2, 0.25) is 0 Å². The standard InChI is InChI=1S/C12H11F4NO/c13-7-2-1-3-8(6-7)17-5-4-9(12(17)18)10(14)11(15)16/h1-3,6,9-11H,4-5H2. The van der Waals surface area contributed by atoms with Crippen molar-refractivity contribution in [1.82, 2.24) is 0 Å². The smallest absolute Gasteiger partial charge is 0.270 e. The molecule has 0 aliphatic carbocycles. The normalized spacial score (nSPS) is 21.7. The molecule has 1 amide bonds. The summed E-state index contributed by atoms with van der Waals surface area (Å²) in [4.78, 5) is 12.9. The molecule has 1 aromatic rings. The molecule has 2 rings (SSSR count). The fourth-order valence-corrected chi connectivity index (χ4v) is 2.07. The van der Waals surface area contributed by atoms with Crippen LogP contribution < -0.4 is 4.90 Å². The second kappa shape index (κ2) is 4.96. The summed E-state index contributed by atoms with van der Waals surface area (Å²) in [6.45, 7) is 0.125. The Morgan fingerprint density at radius 2 is 2.00 bits per heavy atom. The molecule has 0 radical (unpaired) electrons. The van der Waals surface area contributed by atoms with Gasteiger partial charge in [-0.1, -0.05) is 6.07 Å². The molecular formula is C12H11F4NO. The van der Waals surface area contributed by atoms with Gasteiger partial charge in [0.2, 0.25) is 5.91 Å². The summed E-state index contributed by atoms with van der Waals surface area (Å²) in [5, 5.41) is 0. The molecule has 18 heavy (non-hydrogen) atoms. The van der Waals surface area contributed by atoms with Crippen LogP contribution in [0, 0.1) is 11.7 Å². The van der Waals surface area contributed by atoms with Gasteiger partial charge in [0.25, 0.3) is 6.43 Å². The second-order valence-electron chi connectivity index (χ2n) is 4.14. The van der Waals surface area contributed by atoms with Crippen LogP contribution in [-0.4, -0.2) is 25.0 Å². The molecule has 0 N–H and O–H groups in total. The van der Waals surface area contributed by atoms with Gasteiger partial charge in [0.1, 0.15) is 5.82 Å². The van der Waals surface area contributed by atoms with Crippen LogP contribution >= 0.6 is 0 Å². The molecule has 0 aromatic heterocycles. The van der Waals surface area contributed by atoms with E-state index in [-0.39, 0.29) is 18.7 Å². The maximum Gasteiger partial charge on any atom is 0.270 e. The molecule has 2 unspecified atom stereocenters. The lowest BCUT2D eigenvalue weighted by Gasteiger charge is -2.18. The van der Waals surface area contributed by atoms with Gasteiger partial charge in [-0.3, -0.25) is 4.79 Å². The van der Waals surface area contributed by atoms with Gasteiger partial charge in [0.05, 0.1) is 5.92 Å². The number of nitrogens with zero attached hydrogens (tertiary/aromatic N) is 1. The van der Waals surface area contributed by atoms with Crippen LogP contribution in [0.15, 0.2) is 24.3 Å². The highest BCUT2D eigenvalue weighted by molar-refractivity contribution is 5.97. The summed E-state index contributed by atoms with van der Waals surface area (Å²) < 4.78 is 50.7. The van der Waals surface area contributed by atoms with Crippen molar-refractivity contribution in [2.75, 3.05) is 11.4 Å². The average Bonchev–Trinajstić information content (AvgIpc) is 2.70. The van der Waals surface area contributed by atoms with Crippen molar-refractivity contribution in [3.8, 4) is 0 Å². The van der Waals surface area contributed by atoms with Gasteiger partial charge < -0.3 is 4.90 Å². The van der Waals surface area contributed by atoms with E-state index in [9.17, 15) is 22.4 Å². The van der Waals surface area contributed by atoms with Gasteiger partial charge in [-0.15, -0.1) is 0 Å². The maximum absolute atomic E-state index is 13.2. The number of hydrogen-bond donors (Lipinski definition) is 0. The summed E-state index contributed by atoms with van der Waals surface area (Å²) in [5.74, 6) is -2.59. The predicted molar refractivity (Wildman–Crippen MR) is 57.8 cm³/mol. The van der Waals surface area contributed by atoms with Crippen molar-refractivity contribution in [2.45, 2.75) is 19.0 Å². The summed E-state index contributed by atoms with van der Waals surface area (Å²) in [7, 11) is 0. The number of alkyl halides is 3. The van der Waals surface area contributed by atoms with Crippen LogP contribution in [0.5, 0.6) is 0 Å². The molecular weight excluding hydrogens is 250 g/mol. The van der Waals surface area contributed by atoms with Gasteiger partial charge in [-0.05, 0) is 24.6 Å². The minimum Gasteiger partial charge on any atom is -0.312 e. The third kappa shape index (κ3) is 2.32. The topological polar surface area (TPSA) is 20.3 Å². The zero-order valence-corrected chi connectivity index (χ0v) is 9.32. The number of benzene rings is 1. The molecule has 2 nitrogen and oxygen atoms in total. The SMILES string of the molecule is O=C1C(C(F)C(F)F)CCN1c1cccc(F)c1. The molecule has 0 spiro atoms. The molecule has 1 fully saturated rings. The van der Waals surface area contributed by atoms with E-state index in [1.807, 2.05) is 0 Å². The molecule has 0 bridgehead atoms. The molecule has 1 saturated heterocycles. The van der Waals surface area contributed by atoms with Crippen molar-refractivity contribution in [2.24, 2.45) is 5.92 Å². The van der Waals surface area contributed by atoms with Crippen molar-refractivity contribution in [1.29, 1.82) is 0 Å². The van der Waals surface area contributed by atoms with E-state index in [2.05, 4.69) is 0 Å². The summed E-state index contributed by atoms with van der Waals surface area (Å²) in [6, 6.07) is 5.22. The van der Waals surface area contributed by atoms with E-state index < -0.39 is 30.2 Å². The third-order valence-electron chi connectivity index (χ3n) is 2.99. The number of hydrogen-bond acceptors (Lipinski definition) is 1. The Kier molecular flexibility index (Phi) is 3.54. The van der Waals surface area contributed by atoms with Crippen molar-refractivity contribution in [3.63, 3.8) is 0 Å². The quantitative estimate of drug-likeness (QED) is 0.766. The van der Waals surface area contributed by atoms with E-state index in [0.717, 1.165) is 11.0 Å². The zero-order valence-electron chi connectivity index (χ0n) is 9.32. The first-order valence-corrected chi connectivity index (χ1v) is 5.50. The molecule has 2 atom stereocenters. The van der Waals surface area contributed by atoms with E-state index in [0.29, 0.717) is 0 Å². The molecule has 1 heterocycles. The molecule has 0 saturated carbocycles. The molecule has 1 aromatic carbocycles. The van der Waals surface area contributed by atoms with Crippen molar-refractivity contribution >= 4 is 11.6 Å². The molecule has 6 heteroatoms. The highest BCUT2D eigenvalue weighted by atomic mass is 19.3. The van der Waals surface area contributed by atoms with Gasteiger partial charge in [-0.25, -0.2) is 17.6 Å². The molecule has 98 valence electrons. The lowest BCUT2D eigenvalue weighted by molar-refractivity contribution is -0.124. The van der Waals surface area contributed by atoms with Gasteiger partial charge in [0, 0.05) is 12.2 Å². The summed E-state index contributed by atoms with van der Waals surface area (Å²) in [6.07, 6.45) is -5.62. The highest BCUT2D eigenvalue weighted by Crippen LogP contribution is 2.30. The summed E-state index contributed by atoms with van der Waals surface area (Å²) in [5.41, 5.74) is 0.268. The van der Waals surface area contributed by atoms with Crippen LogP contribution in [-0.2, 0) is 4.79 Å². The van der Waals surface area contributed by atoms with Crippen LogP contribution in [0.3, 0.4) is 0 Å². The largest absolute Gasteiger partial charge is 0.312 e. The monoisotopic (exact) mass is 261 g/mol. The Bertz CT molecular complexity index is 451. The fraction of sp³-hybridized carbons (Fsp3) is 0.417. The van der Waals surface area contributed by atoms with Gasteiger partial charge in [-0.2, -0.15) is 0 Å². The van der Waals surface area contributed by atoms with E-state index in [1.165, 1.54) is 18.2 Å². The molecule has 1 aliphatic heterocycles. The van der Waals surface area contributed by atoms with E-state index in [1.54, 1.807) is 0 Å². The minimum absolute atomic E-state index is 0.0147. The first-order chi connectivity index (χ1) is 8.50. The number of carbonyl (C=O) groups excluding carboxylic acids is 1.